The zero-order valence-corrected chi connectivity index (χ0v) is 15.1. The van der Waals surface area contributed by atoms with Crippen LogP contribution in [0.5, 0.6) is 0 Å². The highest BCUT2D eigenvalue weighted by Gasteiger charge is 2.64. The molecule has 2 saturated carbocycles. The highest BCUT2D eigenvalue weighted by molar-refractivity contribution is 5.77. The van der Waals surface area contributed by atoms with Gasteiger partial charge >= 0.3 is 5.97 Å². The van der Waals surface area contributed by atoms with Crippen LogP contribution in [0.25, 0.3) is 0 Å². The molecule has 138 valence electrons. The Hall–Kier alpha value is -1.33. The van der Waals surface area contributed by atoms with E-state index in [1.165, 1.54) is 0 Å². The number of aliphatic hydroxyl groups excluding tert-OH is 2. The summed E-state index contributed by atoms with van der Waals surface area (Å²) in [6.07, 6.45) is 3.31. The first-order chi connectivity index (χ1) is 11.7. The average Bonchev–Trinajstić information content (AvgIpc) is 2.97. The number of fused-ring (bicyclic) bond motifs is 4. The number of carboxylic acid groups (broad SMARTS) is 1. The molecule has 1 heterocycles. The van der Waals surface area contributed by atoms with Gasteiger partial charge in [0.15, 0.2) is 0 Å². The van der Waals surface area contributed by atoms with E-state index in [-0.39, 0.29) is 22.7 Å². The van der Waals surface area contributed by atoms with E-state index in [2.05, 4.69) is 20.8 Å². The number of aliphatic carboxylic acids is 1. The summed E-state index contributed by atoms with van der Waals surface area (Å²) < 4.78 is 5.62. The van der Waals surface area contributed by atoms with Crippen LogP contribution in [0.1, 0.15) is 57.3 Å². The van der Waals surface area contributed by atoms with E-state index in [0.29, 0.717) is 12.0 Å². The number of furan rings is 1. The number of hydrogen-bond acceptors (Lipinski definition) is 4. The summed E-state index contributed by atoms with van der Waals surface area (Å²) in [4.78, 5) is 12.1. The van der Waals surface area contributed by atoms with Crippen molar-refractivity contribution in [1.29, 1.82) is 0 Å². The summed E-state index contributed by atoms with van der Waals surface area (Å²) >= 11 is 0. The van der Waals surface area contributed by atoms with Gasteiger partial charge in [-0.2, -0.15) is 0 Å². The van der Waals surface area contributed by atoms with E-state index in [9.17, 15) is 20.1 Å². The maximum Gasteiger partial charge on any atom is 0.311 e. The molecule has 0 bridgehead atoms. The van der Waals surface area contributed by atoms with Crippen LogP contribution in [-0.4, -0.2) is 33.5 Å². The summed E-state index contributed by atoms with van der Waals surface area (Å²) in [5, 5.41) is 31.9. The third-order valence-corrected chi connectivity index (χ3v) is 7.66. The van der Waals surface area contributed by atoms with Gasteiger partial charge in [0, 0.05) is 17.9 Å². The van der Waals surface area contributed by atoms with Gasteiger partial charge in [-0.25, -0.2) is 0 Å². The predicted molar refractivity (Wildman–Crippen MR) is 91.0 cm³/mol. The lowest BCUT2D eigenvalue weighted by Gasteiger charge is -2.63. The van der Waals surface area contributed by atoms with E-state index >= 15 is 0 Å². The molecule has 5 heteroatoms. The van der Waals surface area contributed by atoms with E-state index < -0.39 is 30.0 Å². The van der Waals surface area contributed by atoms with Crippen LogP contribution in [0.2, 0.25) is 0 Å². The fourth-order valence-electron chi connectivity index (χ4n) is 6.80. The second-order valence-electron chi connectivity index (χ2n) is 9.31. The monoisotopic (exact) mass is 348 g/mol. The van der Waals surface area contributed by atoms with E-state index in [4.69, 9.17) is 4.42 Å². The molecule has 0 spiro atoms. The topological polar surface area (TPSA) is 90.9 Å². The van der Waals surface area contributed by atoms with Crippen molar-refractivity contribution in [2.75, 3.05) is 0 Å². The summed E-state index contributed by atoms with van der Waals surface area (Å²) in [7, 11) is 0. The molecule has 2 fully saturated rings. The van der Waals surface area contributed by atoms with Crippen molar-refractivity contribution in [2.24, 2.45) is 28.6 Å². The summed E-state index contributed by atoms with van der Waals surface area (Å²) in [6, 6.07) is 1.71. The molecule has 1 aromatic rings. The number of hydrogen-bond donors (Lipinski definition) is 3. The fraction of sp³-hybridized carbons (Fsp3) is 0.750. The minimum Gasteiger partial charge on any atom is -0.481 e. The fourth-order valence-corrected chi connectivity index (χ4v) is 6.80. The van der Waals surface area contributed by atoms with Crippen LogP contribution >= 0.6 is 0 Å². The Labute approximate surface area is 148 Å². The predicted octanol–water partition coefficient (Wildman–Crippen LogP) is 2.80. The lowest BCUT2D eigenvalue weighted by atomic mass is 9.42. The first kappa shape index (κ1) is 17.1. The van der Waals surface area contributed by atoms with Crippen LogP contribution in [0.4, 0.5) is 0 Å². The van der Waals surface area contributed by atoms with Gasteiger partial charge in [0.25, 0.3) is 0 Å². The highest BCUT2D eigenvalue weighted by Crippen LogP contribution is 2.64. The van der Waals surface area contributed by atoms with Gasteiger partial charge in [-0.05, 0) is 41.6 Å². The van der Waals surface area contributed by atoms with Crippen molar-refractivity contribution in [1.82, 2.24) is 0 Å². The minimum atomic E-state index is -1.02. The van der Waals surface area contributed by atoms with Gasteiger partial charge in [0.2, 0.25) is 0 Å². The van der Waals surface area contributed by atoms with E-state index in [1.54, 1.807) is 12.3 Å². The molecule has 0 aliphatic heterocycles. The molecule has 0 amide bonds. The molecule has 5 nitrogen and oxygen atoms in total. The molecule has 3 N–H and O–H groups in total. The van der Waals surface area contributed by atoms with E-state index in [1.807, 2.05) is 0 Å². The Morgan fingerprint density at radius 3 is 2.60 bits per heavy atom. The first-order valence-electron chi connectivity index (χ1n) is 9.33. The molecule has 3 aliphatic rings. The molecule has 7 atom stereocenters. The molecule has 0 radical (unpaired) electrons. The zero-order chi connectivity index (χ0) is 18.1. The third kappa shape index (κ3) is 2.18. The number of carbonyl (C=O) groups is 1. The molecule has 4 rings (SSSR count). The van der Waals surface area contributed by atoms with Crippen molar-refractivity contribution in [3.63, 3.8) is 0 Å². The summed E-state index contributed by atoms with van der Waals surface area (Å²) in [5.74, 6) is -1.56. The molecular weight excluding hydrogens is 320 g/mol. The molecular formula is C20H28O5. The Morgan fingerprint density at radius 1 is 1.20 bits per heavy atom. The third-order valence-electron chi connectivity index (χ3n) is 7.66. The van der Waals surface area contributed by atoms with Gasteiger partial charge in [-0.15, -0.1) is 0 Å². The van der Waals surface area contributed by atoms with Crippen molar-refractivity contribution in [3.8, 4) is 0 Å². The standard InChI is InChI=1S/C20H28O5/c1-19(2)6-4-7-20(3)11-9-12-10(5-8-25-12)13(18(23)24)14(11)15(21)16(22)17(19)20/h5,8,11,13-17,21-22H,4,6-7,9H2,1-3H3,(H,23,24)/t11-,13+,14+,15+,16-,17-,20+/m1/s1. The number of rotatable bonds is 1. The second-order valence-corrected chi connectivity index (χ2v) is 9.31. The van der Waals surface area contributed by atoms with Gasteiger partial charge in [-0.1, -0.05) is 27.2 Å². The lowest BCUT2D eigenvalue weighted by Crippen LogP contribution is -2.65. The molecule has 1 aromatic heterocycles. The highest BCUT2D eigenvalue weighted by atomic mass is 16.4. The molecule has 0 unspecified atom stereocenters. The maximum atomic E-state index is 12.1. The van der Waals surface area contributed by atoms with Crippen LogP contribution in [-0.2, 0) is 11.2 Å². The Kier molecular flexibility index (Phi) is 3.65. The Bertz CT molecular complexity index is 692. The second kappa shape index (κ2) is 5.34. The number of carboxylic acids is 1. The summed E-state index contributed by atoms with van der Waals surface area (Å²) in [5.41, 5.74) is 0.376. The Morgan fingerprint density at radius 2 is 1.92 bits per heavy atom. The summed E-state index contributed by atoms with van der Waals surface area (Å²) in [6.45, 7) is 6.53. The quantitative estimate of drug-likeness (QED) is 0.726. The molecule has 25 heavy (non-hydrogen) atoms. The largest absolute Gasteiger partial charge is 0.481 e. The normalized spacial score (nSPS) is 45.2. The van der Waals surface area contributed by atoms with Crippen LogP contribution in [0.3, 0.4) is 0 Å². The van der Waals surface area contributed by atoms with Crippen LogP contribution in [0, 0.1) is 28.6 Å². The van der Waals surface area contributed by atoms with Gasteiger partial charge in [0.05, 0.1) is 24.4 Å². The maximum absolute atomic E-state index is 12.1. The van der Waals surface area contributed by atoms with Crippen molar-refractivity contribution in [3.05, 3.63) is 23.7 Å². The van der Waals surface area contributed by atoms with Crippen molar-refractivity contribution < 1.29 is 24.5 Å². The first-order valence-corrected chi connectivity index (χ1v) is 9.33. The number of aliphatic hydroxyl groups is 2. The minimum absolute atomic E-state index is 0.00442. The molecule has 0 saturated heterocycles. The molecule has 0 aromatic carbocycles. The van der Waals surface area contributed by atoms with Crippen molar-refractivity contribution >= 4 is 5.97 Å². The average molecular weight is 348 g/mol. The van der Waals surface area contributed by atoms with Gasteiger partial charge in [-0.3, -0.25) is 4.79 Å². The Balaban J connectivity index is 1.87. The molecule has 3 aliphatic carbocycles. The zero-order valence-electron chi connectivity index (χ0n) is 15.1. The van der Waals surface area contributed by atoms with E-state index in [0.717, 1.165) is 25.0 Å². The van der Waals surface area contributed by atoms with Gasteiger partial charge in [0.1, 0.15) is 5.76 Å². The van der Waals surface area contributed by atoms with Crippen LogP contribution in [0.15, 0.2) is 16.7 Å². The van der Waals surface area contributed by atoms with Crippen LogP contribution < -0.4 is 0 Å². The SMILES string of the molecule is CC1(C)CCC[C@@]2(C)[C@@H]3Cc4occc4[C@H](C(=O)O)[C@H]3[C@H](O)[C@@H](O)[C@H]12. The lowest BCUT2D eigenvalue weighted by molar-refractivity contribution is -0.218. The smallest absolute Gasteiger partial charge is 0.311 e. The van der Waals surface area contributed by atoms with Gasteiger partial charge < -0.3 is 19.7 Å². The van der Waals surface area contributed by atoms with Crippen molar-refractivity contribution in [2.45, 2.75) is 64.6 Å².